The monoisotopic (exact) mass is 452 g/mol. The normalized spacial score (nSPS) is 10.7. The average Bonchev–Trinajstić information content (AvgIpc) is 2.80. The standard InChI is InChI=1S/C26H29ClN2O3/c1-18(2)15-29-26(30)21-7-5-9-23(14-21)28-16-19-10-11-24(25(13-19)31-3)32-17-20-6-4-8-22(27)12-20/h4-14,18,28H,15-17H2,1-3H3,(H,29,30). The minimum Gasteiger partial charge on any atom is -0.493 e. The number of ether oxygens (including phenoxy) is 2. The lowest BCUT2D eigenvalue weighted by Gasteiger charge is -2.14. The molecule has 0 bridgehead atoms. The van der Waals surface area contributed by atoms with Crippen LogP contribution in [-0.4, -0.2) is 19.6 Å². The van der Waals surface area contributed by atoms with Gasteiger partial charge in [0.25, 0.3) is 5.91 Å². The highest BCUT2D eigenvalue weighted by Crippen LogP contribution is 2.29. The third-order valence-corrected chi connectivity index (χ3v) is 5.04. The van der Waals surface area contributed by atoms with Crippen molar-refractivity contribution in [3.63, 3.8) is 0 Å². The summed E-state index contributed by atoms with van der Waals surface area (Å²) in [6.45, 7) is 5.78. The zero-order chi connectivity index (χ0) is 22.9. The van der Waals surface area contributed by atoms with E-state index in [0.29, 0.717) is 47.7 Å². The number of hydrogen-bond acceptors (Lipinski definition) is 4. The molecule has 0 atom stereocenters. The minimum absolute atomic E-state index is 0.0646. The highest BCUT2D eigenvalue weighted by molar-refractivity contribution is 6.30. The van der Waals surface area contributed by atoms with Gasteiger partial charge in [0.1, 0.15) is 6.61 Å². The van der Waals surface area contributed by atoms with E-state index in [1.54, 1.807) is 7.11 Å². The Kier molecular flexibility index (Phi) is 8.40. The first-order valence-electron chi connectivity index (χ1n) is 10.6. The van der Waals surface area contributed by atoms with Gasteiger partial charge in [0, 0.05) is 29.4 Å². The first-order valence-corrected chi connectivity index (χ1v) is 11.0. The van der Waals surface area contributed by atoms with Crippen molar-refractivity contribution >= 4 is 23.2 Å². The second-order valence-corrected chi connectivity index (χ2v) is 8.38. The lowest BCUT2D eigenvalue weighted by atomic mass is 10.1. The molecule has 0 saturated carbocycles. The fourth-order valence-corrected chi connectivity index (χ4v) is 3.32. The summed E-state index contributed by atoms with van der Waals surface area (Å²) in [5, 5.41) is 6.99. The molecular weight excluding hydrogens is 424 g/mol. The molecule has 0 spiro atoms. The zero-order valence-corrected chi connectivity index (χ0v) is 19.4. The summed E-state index contributed by atoms with van der Waals surface area (Å²) < 4.78 is 11.4. The summed E-state index contributed by atoms with van der Waals surface area (Å²) in [5.41, 5.74) is 3.54. The first-order chi connectivity index (χ1) is 15.4. The van der Waals surface area contributed by atoms with E-state index in [2.05, 4.69) is 24.5 Å². The van der Waals surface area contributed by atoms with E-state index >= 15 is 0 Å². The van der Waals surface area contributed by atoms with Gasteiger partial charge in [0.2, 0.25) is 0 Å². The topological polar surface area (TPSA) is 59.6 Å². The van der Waals surface area contributed by atoms with Crippen LogP contribution in [0.2, 0.25) is 5.02 Å². The van der Waals surface area contributed by atoms with Gasteiger partial charge in [-0.1, -0.05) is 49.7 Å². The van der Waals surface area contributed by atoms with E-state index in [9.17, 15) is 4.79 Å². The molecule has 0 aliphatic carbocycles. The third-order valence-electron chi connectivity index (χ3n) is 4.80. The average molecular weight is 453 g/mol. The maximum absolute atomic E-state index is 12.3. The number of methoxy groups -OCH3 is 1. The van der Waals surface area contributed by atoms with E-state index in [0.717, 1.165) is 16.8 Å². The Morgan fingerprint density at radius 1 is 0.969 bits per heavy atom. The van der Waals surface area contributed by atoms with Crippen LogP contribution in [0.5, 0.6) is 11.5 Å². The van der Waals surface area contributed by atoms with E-state index in [-0.39, 0.29) is 5.91 Å². The van der Waals surface area contributed by atoms with Crippen molar-refractivity contribution in [1.29, 1.82) is 0 Å². The smallest absolute Gasteiger partial charge is 0.251 e. The number of carbonyl (C=O) groups is 1. The Balaban J connectivity index is 1.61. The molecule has 32 heavy (non-hydrogen) atoms. The second-order valence-electron chi connectivity index (χ2n) is 7.94. The van der Waals surface area contributed by atoms with Crippen molar-refractivity contribution in [2.24, 2.45) is 5.92 Å². The first kappa shape index (κ1) is 23.5. The lowest BCUT2D eigenvalue weighted by Crippen LogP contribution is -2.27. The predicted octanol–water partition coefficient (Wildman–Crippen LogP) is 5.93. The predicted molar refractivity (Wildman–Crippen MR) is 130 cm³/mol. The number of rotatable bonds is 10. The van der Waals surface area contributed by atoms with Crippen LogP contribution in [0.4, 0.5) is 5.69 Å². The number of benzene rings is 3. The van der Waals surface area contributed by atoms with Crippen LogP contribution in [0, 0.1) is 5.92 Å². The summed E-state index contributed by atoms with van der Waals surface area (Å²) in [4.78, 5) is 12.3. The highest BCUT2D eigenvalue weighted by Gasteiger charge is 2.09. The summed E-state index contributed by atoms with van der Waals surface area (Å²) in [7, 11) is 1.62. The largest absolute Gasteiger partial charge is 0.493 e. The van der Waals surface area contributed by atoms with Gasteiger partial charge in [0.05, 0.1) is 7.11 Å². The van der Waals surface area contributed by atoms with Crippen molar-refractivity contribution < 1.29 is 14.3 Å². The number of anilines is 1. The Morgan fingerprint density at radius 3 is 2.53 bits per heavy atom. The molecule has 3 rings (SSSR count). The van der Waals surface area contributed by atoms with Crippen molar-refractivity contribution in [3.8, 4) is 11.5 Å². The summed E-state index contributed by atoms with van der Waals surface area (Å²) >= 11 is 6.04. The molecule has 0 aliphatic heterocycles. The van der Waals surface area contributed by atoms with E-state index in [1.165, 1.54) is 0 Å². The molecule has 1 amide bonds. The third kappa shape index (κ3) is 6.92. The van der Waals surface area contributed by atoms with Gasteiger partial charge in [-0.25, -0.2) is 0 Å². The fraction of sp³-hybridized carbons (Fsp3) is 0.269. The molecule has 0 radical (unpaired) electrons. The van der Waals surface area contributed by atoms with Gasteiger partial charge in [0.15, 0.2) is 11.5 Å². The Morgan fingerprint density at radius 2 is 1.78 bits per heavy atom. The molecule has 0 saturated heterocycles. The Bertz CT molecular complexity index is 1050. The molecule has 0 aliphatic rings. The van der Waals surface area contributed by atoms with Gasteiger partial charge in [-0.2, -0.15) is 0 Å². The molecule has 0 heterocycles. The maximum Gasteiger partial charge on any atom is 0.251 e. The fourth-order valence-electron chi connectivity index (χ4n) is 3.10. The van der Waals surface area contributed by atoms with Gasteiger partial charge in [-0.3, -0.25) is 4.79 Å². The van der Waals surface area contributed by atoms with Crippen LogP contribution < -0.4 is 20.1 Å². The van der Waals surface area contributed by atoms with E-state index in [4.69, 9.17) is 21.1 Å². The van der Waals surface area contributed by atoms with Gasteiger partial charge in [-0.05, 0) is 59.5 Å². The van der Waals surface area contributed by atoms with E-state index in [1.807, 2.05) is 66.7 Å². The van der Waals surface area contributed by atoms with E-state index < -0.39 is 0 Å². The molecule has 0 unspecified atom stereocenters. The van der Waals surface area contributed by atoms with Crippen LogP contribution in [0.1, 0.15) is 35.3 Å². The number of hydrogen-bond donors (Lipinski definition) is 2. The van der Waals surface area contributed by atoms with Crippen LogP contribution in [0.15, 0.2) is 66.7 Å². The summed E-state index contributed by atoms with van der Waals surface area (Å²) in [5.74, 6) is 1.67. The molecule has 0 fully saturated rings. The summed E-state index contributed by atoms with van der Waals surface area (Å²) in [6, 6.07) is 20.9. The molecule has 0 aromatic heterocycles. The van der Waals surface area contributed by atoms with Crippen LogP contribution in [-0.2, 0) is 13.2 Å². The van der Waals surface area contributed by atoms with Crippen molar-refractivity contribution in [2.75, 3.05) is 19.0 Å². The van der Waals surface area contributed by atoms with Crippen molar-refractivity contribution in [2.45, 2.75) is 27.0 Å². The van der Waals surface area contributed by atoms with Gasteiger partial charge >= 0.3 is 0 Å². The Labute approximate surface area is 194 Å². The van der Waals surface area contributed by atoms with Crippen LogP contribution >= 0.6 is 11.6 Å². The number of halogens is 1. The quantitative estimate of drug-likeness (QED) is 0.400. The SMILES string of the molecule is COc1cc(CNc2cccc(C(=O)NCC(C)C)c2)ccc1OCc1cccc(Cl)c1. The molecule has 2 N–H and O–H groups in total. The molecular formula is C26H29ClN2O3. The number of carbonyl (C=O) groups excluding carboxylic acids is 1. The number of nitrogens with one attached hydrogen (secondary N) is 2. The second kappa shape index (κ2) is 11.4. The van der Waals surface area contributed by atoms with Gasteiger partial charge < -0.3 is 20.1 Å². The Hall–Kier alpha value is -3.18. The zero-order valence-electron chi connectivity index (χ0n) is 18.7. The van der Waals surface area contributed by atoms with Crippen molar-refractivity contribution in [1.82, 2.24) is 5.32 Å². The molecule has 5 nitrogen and oxygen atoms in total. The lowest BCUT2D eigenvalue weighted by molar-refractivity contribution is 0.0949. The van der Waals surface area contributed by atoms with Gasteiger partial charge in [-0.15, -0.1) is 0 Å². The van der Waals surface area contributed by atoms with Crippen LogP contribution in [0.3, 0.4) is 0 Å². The molecule has 6 heteroatoms. The molecule has 3 aromatic carbocycles. The molecule has 3 aromatic rings. The summed E-state index contributed by atoms with van der Waals surface area (Å²) in [6.07, 6.45) is 0. The molecule has 168 valence electrons. The highest BCUT2D eigenvalue weighted by atomic mass is 35.5. The number of amides is 1. The van der Waals surface area contributed by atoms with Crippen LogP contribution in [0.25, 0.3) is 0 Å². The van der Waals surface area contributed by atoms with Crippen molar-refractivity contribution in [3.05, 3.63) is 88.4 Å². The minimum atomic E-state index is -0.0646. The maximum atomic E-state index is 12.3.